The predicted octanol–water partition coefficient (Wildman–Crippen LogP) is 3.09. The van der Waals surface area contributed by atoms with Crippen LogP contribution >= 0.6 is 11.6 Å². The Kier molecular flexibility index (Phi) is 4.04. The van der Waals surface area contributed by atoms with Crippen molar-refractivity contribution in [3.8, 4) is 0 Å². The number of halogens is 3. The minimum atomic E-state index is -1.35. The van der Waals surface area contributed by atoms with Crippen molar-refractivity contribution in [2.24, 2.45) is 0 Å². The van der Waals surface area contributed by atoms with E-state index >= 15 is 0 Å². The maximum Gasteiger partial charge on any atom is 0.329 e. The molecule has 1 aliphatic rings. The summed E-state index contributed by atoms with van der Waals surface area (Å²) in [6.45, 7) is 1.65. The van der Waals surface area contributed by atoms with E-state index in [2.05, 4.69) is 5.32 Å². The van der Waals surface area contributed by atoms with Gasteiger partial charge in [-0.05, 0) is 25.8 Å². The highest BCUT2D eigenvalue weighted by atomic mass is 35.5. The molecule has 1 aliphatic heterocycles. The number of nitrogens with zero attached hydrogens (tertiary/aromatic N) is 1. The number of hydrogen-bond donors (Lipinski definition) is 2. The quantitative estimate of drug-likeness (QED) is 0.880. The van der Waals surface area contributed by atoms with Gasteiger partial charge in [0.25, 0.3) is 0 Å². The number of likely N-dealkylation sites (tertiary alicyclic amines) is 1. The first-order valence-corrected chi connectivity index (χ1v) is 6.60. The molecule has 21 heavy (non-hydrogen) atoms. The highest BCUT2D eigenvalue weighted by Gasteiger charge is 2.46. The monoisotopic (exact) mass is 318 g/mol. The number of amides is 2. The second kappa shape index (κ2) is 5.48. The van der Waals surface area contributed by atoms with Gasteiger partial charge >= 0.3 is 12.0 Å². The summed E-state index contributed by atoms with van der Waals surface area (Å²) in [7, 11) is 0. The first-order chi connectivity index (χ1) is 9.75. The molecule has 0 radical (unpaired) electrons. The fourth-order valence-electron chi connectivity index (χ4n) is 2.35. The molecule has 2 amide bonds. The first kappa shape index (κ1) is 15.5. The van der Waals surface area contributed by atoms with Crippen molar-refractivity contribution in [2.45, 2.75) is 25.3 Å². The van der Waals surface area contributed by atoms with Gasteiger partial charge in [-0.25, -0.2) is 18.4 Å². The van der Waals surface area contributed by atoms with E-state index in [-0.39, 0.29) is 17.3 Å². The Labute approximate surface area is 124 Å². The van der Waals surface area contributed by atoms with Gasteiger partial charge < -0.3 is 15.3 Å². The molecule has 114 valence electrons. The number of rotatable bonds is 2. The largest absolute Gasteiger partial charge is 0.480 e. The molecular weight excluding hydrogens is 306 g/mol. The molecule has 2 rings (SSSR count). The third kappa shape index (κ3) is 2.78. The van der Waals surface area contributed by atoms with E-state index in [1.807, 2.05) is 0 Å². The molecule has 0 aromatic heterocycles. The maximum atomic E-state index is 13.6. The molecule has 5 nitrogen and oxygen atoms in total. The molecule has 1 aromatic carbocycles. The summed E-state index contributed by atoms with van der Waals surface area (Å²) in [5.74, 6) is -3.03. The molecule has 1 fully saturated rings. The Morgan fingerprint density at radius 1 is 1.43 bits per heavy atom. The van der Waals surface area contributed by atoms with Crippen LogP contribution in [0.2, 0.25) is 5.02 Å². The smallest absolute Gasteiger partial charge is 0.329 e. The van der Waals surface area contributed by atoms with E-state index in [9.17, 15) is 23.5 Å². The topological polar surface area (TPSA) is 69.6 Å². The van der Waals surface area contributed by atoms with Crippen LogP contribution in [0.1, 0.15) is 19.8 Å². The third-order valence-corrected chi connectivity index (χ3v) is 3.88. The van der Waals surface area contributed by atoms with Gasteiger partial charge in [0, 0.05) is 12.6 Å². The molecular formula is C13H13ClF2N2O3. The Morgan fingerprint density at radius 3 is 2.67 bits per heavy atom. The highest BCUT2D eigenvalue weighted by Crippen LogP contribution is 2.32. The number of carboxylic acids is 1. The number of aliphatic carboxylic acids is 1. The molecule has 2 N–H and O–H groups in total. The molecule has 0 saturated carbocycles. The van der Waals surface area contributed by atoms with Gasteiger partial charge in [0.15, 0.2) is 5.82 Å². The average Bonchev–Trinajstić information content (AvgIpc) is 2.77. The third-order valence-electron chi connectivity index (χ3n) is 3.59. The van der Waals surface area contributed by atoms with Crippen molar-refractivity contribution in [3.05, 3.63) is 28.8 Å². The molecule has 1 heterocycles. The normalized spacial score (nSPS) is 21.4. The Balaban J connectivity index is 2.25. The van der Waals surface area contributed by atoms with Crippen LogP contribution in [-0.4, -0.2) is 34.1 Å². The summed E-state index contributed by atoms with van der Waals surface area (Å²) < 4.78 is 26.6. The first-order valence-electron chi connectivity index (χ1n) is 6.22. The van der Waals surface area contributed by atoms with Gasteiger partial charge in [-0.2, -0.15) is 0 Å². The van der Waals surface area contributed by atoms with E-state index in [0.717, 1.165) is 11.0 Å². The van der Waals surface area contributed by atoms with Gasteiger partial charge in [0.2, 0.25) is 0 Å². The zero-order valence-electron chi connectivity index (χ0n) is 11.1. The molecule has 1 saturated heterocycles. The van der Waals surface area contributed by atoms with Crippen LogP contribution in [-0.2, 0) is 4.79 Å². The lowest BCUT2D eigenvalue weighted by Crippen LogP contribution is -2.52. The van der Waals surface area contributed by atoms with Crippen molar-refractivity contribution in [2.75, 3.05) is 11.9 Å². The summed E-state index contributed by atoms with van der Waals surface area (Å²) in [5, 5.41) is 11.1. The summed E-state index contributed by atoms with van der Waals surface area (Å²) in [6.07, 6.45) is 0.825. The van der Waals surface area contributed by atoms with Crippen LogP contribution in [0, 0.1) is 11.6 Å². The number of urea groups is 1. The lowest BCUT2D eigenvalue weighted by molar-refractivity contribution is -0.146. The minimum absolute atomic E-state index is 0.231. The van der Waals surface area contributed by atoms with Crippen LogP contribution < -0.4 is 5.32 Å². The maximum absolute atomic E-state index is 13.6. The summed E-state index contributed by atoms with van der Waals surface area (Å²) in [4.78, 5) is 24.6. The zero-order valence-corrected chi connectivity index (χ0v) is 11.9. The standard InChI is InChI=1S/C13H13ClF2N2O3/c1-13(11(19)20)3-2-4-18(13)12(21)17-10-8(14)5-7(15)6-9(10)16/h5-6H,2-4H2,1H3,(H,17,21)(H,19,20). The molecule has 1 atom stereocenters. The van der Waals surface area contributed by atoms with Crippen molar-refractivity contribution in [3.63, 3.8) is 0 Å². The van der Waals surface area contributed by atoms with Crippen molar-refractivity contribution < 1.29 is 23.5 Å². The summed E-state index contributed by atoms with van der Waals surface area (Å²) in [5.41, 5.74) is -1.73. The molecule has 8 heteroatoms. The molecule has 0 spiro atoms. The van der Waals surface area contributed by atoms with E-state index in [4.69, 9.17) is 11.6 Å². The summed E-state index contributed by atoms with van der Waals surface area (Å²) >= 11 is 5.69. The number of carbonyl (C=O) groups excluding carboxylic acids is 1. The van der Waals surface area contributed by atoms with E-state index < -0.39 is 29.2 Å². The summed E-state index contributed by atoms with van der Waals surface area (Å²) in [6, 6.07) is 0.660. The van der Waals surface area contributed by atoms with E-state index in [1.54, 1.807) is 0 Å². The Hall–Kier alpha value is -1.89. The van der Waals surface area contributed by atoms with Gasteiger partial charge in [0.1, 0.15) is 11.4 Å². The van der Waals surface area contributed by atoms with Crippen LogP contribution in [0.15, 0.2) is 12.1 Å². The van der Waals surface area contributed by atoms with Crippen molar-refractivity contribution in [1.29, 1.82) is 0 Å². The Morgan fingerprint density at radius 2 is 2.10 bits per heavy atom. The minimum Gasteiger partial charge on any atom is -0.480 e. The number of hydrogen-bond acceptors (Lipinski definition) is 2. The van der Waals surface area contributed by atoms with Crippen LogP contribution in [0.3, 0.4) is 0 Å². The molecule has 0 bridgehead atoms. The Bertz CT molecular complexity index is 588. The van der Waals surface area contributed by atoms with Crippen LogP contribution in [0.5, 0.6) is 0 Å². The number of benzene rings is 1. The number of anilines is 1. The fourth-order valence-corrected chi connectivity index (χ4v) is 2.59. The molecule has 0 aliphatic carbocycles. The average molecular weight is 319 g/mol. The number of carboxylic acid groups (broad SMARTS) is 1. The lowest BCUT2D eigenvalue weighted by Gasteiger charge is -2.31. The van der Waals surface area contributed by atoms with Gasteiger partial charge in [-0.1, -0.05) is 11.6 Å². The highest BCUT2D eigenvalue weighted by molar-refractivity contribution is 6.33. The van der Waals surface area contributed by atoms with Gasteiger partial charge in [0.05, 0.1) is 10.7 Å². The lowest BCUT2D eigenvalue weighted by atomic mass is 10.00. The second-order valence-electron chi connectivity index (χ2n) is 5.01. The van der Waals surface area contributed by atoms with Crippen LogP contribution in [0.25, 0.3) is 0 Å². The zero-order chi connectivity index (χ0) is 15.8. The predicted molar refractivity (Wildman–Crippen MR) is 72.4 cm³/mol. The van der Waals surface area contributed by atoms with Crippen molar-refractivity contribution >= 4 is 29.3 Å². The molecule has 1 unspecified atom stereocenters. The molecule has 1 aromatic rings. The number of nitrogens with one attached hydrogen (secondary N) is 1. The van der Waals surface area contributed by atoms with Gasteiger partial charge in [-0.3, -0.25) is 0 Å². The van der Waals surface area contributed by atoms with Crippen molar-refractivity contribution in [1.82, 2.24) is 4.90 Å². The number of carbonyl (C=O) groups is 2. The van der Waals surface area contributed by atoms with Gasteiger partial charge in [-0.15, -0.1) is 0 Å². The van der Waals surface area contributed by atoms with Crippen LogP contribution in [0.4, 0.5) is 19.3 Å². The SMILES string of the molecule is CC1(C(=O)O)CCCN1C(=O)Nc1c(F)cc(F)cc1Cl. The van der Waals surface area contributed by atoms with E-state index in [1.165, 1.54) is 6.92 Å². The fraction of sp³-hybridized carbons (Fsp3) is 0.385. The second-order valence-corrected chi connectivity index (χ2v) is 5.42. The van der Waals surface area contributed by atoms with E-state index in [0.29, 0.717) is 18.9 Å².